The van der Waals surface area contributed by atoms with Gasteiger partial charge in [-0.05, 0) is 46.0 Å². The lowest BCUT2D eigenvalue weighted by molar-refractivity contribution is 0.406. The highest BCUT2D eigenvalue weighted by Gasteiger charge is 2.10. The molecule has 0 spiro atoms. The predicted octanol–water partition coefficient (Wildman–Crippen LogP) is 3.88. The smallest absolute Gasteiger partial charge is 0.191 e. The van der Waals surface area contributed by atoms with E-state index in [4.69, 9.17) is 4.74 Å². The summed E-state index contributed by atoms with van der Waals surface area (Å²) in [6, 6.07) is 0. The van der Waals surface area contributed by atoms with Crippen LogP contribution in [0.2, 0.25) is 0 Å². The third-order valence-corrected chi connectivity index (χ3v) is 4.52. The van der Waals surface area contributed by atoms with Crippen molar-refractivity contribution in [1.29, 1.82) is 0 Å². The van der Waals surface area contributed by atoms with E-state index in [2.05, 4.69) is 26.7 Å². The van der Waals surface area contributed by atoms with Crippen LogP contribution in [-0.4, -0.2) is 31.6 Å². The van der Waals surface area contributed by atoms with Crippen LogP contribution in [0.1, 0.15) is 48.9 Å². The highest BCUT2D eigenvalue weighted by atomic mass is 127. The first kappa shape index (κ1) is 21.7. The van der Waals surface area contributed by atoms with Crippen molar-refractivity contribution in [3.05, 3.63) is 34.7 Å². The molecule has 1 heterocycles. The number of methoxy groups -OCH3 is 1. The first-order valence-corrected chi connectivity index (χ1v) is 8.77. The molecule has 0 atom stereocenters. The number of hydrogen-bond donors (Lipinski definition) is 2. The summed E-state index contributed by atoms with van der Waals surface area (Å²) < 4.78 is 5.46. The van der Waals surface area contributed by atoms with Gasteiger partial charge in [0, 0.05) is 30.9 Å². The monoisotopic (exact) mass is 458 g/mol. The van der Waals surface area contributed by atoms with Crippen molar-refractivity contribution in [2.24, 2.45) is 4.99 Å². The Balaban J connectivity index is 0.00000312. The van der Waals surface area contributed by atoms with Crippen LogP contribution in [-0.2, 0) is 6.54 Å². The van der Waals surface area contributed by atoms with Gasteiger partial charge in [-0.3, -0.25) is 9.98 Å². The van der Waals surface area contributed by atoms with Crippen molar-refractivity contribution < 1.29 is 4.74 Å². The molecule has 2 rings (SSSR count). The van der Waals surface area contributed by atoms with Gasteiger partial charge >= 0.3 is 0 Å². The molecule has 1 aromatic heterocycles. The van der Waals surface area contributed by atoms with E-state index >= 15 is 0 Å². The Bertz CT molecular complexity index is 614. The summed E-state index contributed by atoms with van der Waals surface area (Å²) in [6.45, 7) is 5.60. The topological polar surface area (TPSA) is 58.5 Å². The summed E-state index contributed by atoms with van der Waals surface area (Å²) >= 11 is 0. The number of rotatable bonds is 6. The Morgan fingerprint density at radius 1 is 1.28 bits per heavy atom. The summed E-state index contributed by atoms with van der Waals surface area (Å²) in [5.41, 5.74) is 4.69. The SMILES string of the molecule is CN=C(NCCC1=CCCCC1)NCc1ncc(C)c(OC)c1C.I. The minimum Gasteiger partial charge on any atom is -0.496 e. The number of aliphatic imine (C=N–C) groups is 1. The second-order valence-electron chi connectivity index (χ2n) is 6.26. The predicted molar refractivity (Wildman–Crippen MR) is 115 cm³/mol. The molecule has 6 heteroatoms. The molecule has 2 N–H and O–H groups in total. The number of allylic oxidation sites excluding steroid dienone is 1. The number of halogens is 1. The summed E-state index contributed by atoms with van der Waals surface area (Å²) in [6.07, 6.45) is 10.5. The lowest BCUT2D eigenvalue weighted by Gasteiger charge is -2.16. The zero-order valence-electron chi connectivity index (χ0n) is 15.8. The maximum absolute atomic E-state index is 5.46. The first-order chi connectivity index (χ1) is 11.7. The van der Waals surface area contributed by atoms with Crippen molar-refractivity contribution >= 4 is 29.9 Å². The molecule has 0 saturated carbocycles. The van der Waals surface area contributed by atoms with Gasteiger partial charge in [-0.25, -0.2) is 0 Å². The summed E-state index contributed by atoms with van der Waals surface area (Å²) in [5.74, 6) is 1.72. The Morgan fingerprint density at radius 3 is 2.72 bits per heavy atom. The Kier molecular flexibility index (Phi) is 9.85. The molecular formula is C19H31IN4O. The van der Waals surface area contributed by atoms with Crippen LogP contribution in [0.4, 0.5) is 0 Å². The largest absolute Gasteiger partial charge is 0.496 e. The van der Waals surface area contributed by atoms with Gasteiger partial charge in [0.15, 0.2) is 5.96 Å². The summed E-state index contributed by atoms with van der Waals surface area (Å²) in [5, 5.41) is 6.72. The zero-order valence-corrected chi connectivity index (χ0v) is 18.1. The summed E-state index contributed by atoms with van der Waals surface area (Å²) in [7, 11) is 3.50. The summed E-state index contributed by atoms with van der Waals surface area (Å²) in [4.78, 5) is 8.80. The maximum Gasteiger partial charge on any atom is 0.191 e. The molecule has 0 radical (unpaired) electrons. The minimum absolute atomic E-state index is 0. The number of aromatic nitrogens is 1. The molecule has 5 nitrogen and oxygen atoms in total. The van der Waals surface area contributed by atoms with E-state index in [1.807, 2.05) is 20.0 Å². The number of hydrogen-bond acceptors (Lipinski definition) is 3. The van der Waals surface area contributed by atoms with Gasteiger partial charge in [0.25, 0.3) is 0 Å². The van der Waals surface area contributed by atoms with Gasteiger partial charge in [-0.1, -0.05) is 11.6 Å². The molecular weight excluding hydrogens is 427 g/mol. The molecule has 0 bridgehead atoms. The molecule has 140 valence electrons. The number of pyridine rings is 1. The van der Waals surface area contributed by atoms with Crippen LogP contribution < -0.4 is 15.4 Å². The molecule has 1 aliphatic carbocycles. The number of nitrogens with one attached hydrogen (secondary N) is 2. The van der Waals surface area contributed by atoms with E-state index in [1.54, 1.807) is 19.7 Å². The first-order valence-electron chi connectivity index (χ1n) is 8.77. The molecule has 0 aromatic carbocycles. The molecule has 0 saturated heterocycles. The Morgan fingerprint density at radius 2 is 2.08 bits per heavy atom. The van der Waals surface area contributed by atoms with Crippen LogP contribution in [0.5, 0.6) is 5.75 Å². The lowest BCUT2D eigenvalue weighted by Crippen LogP contribution is -2.37. The second-order valence-corrected chi connectivity index (χ2v) is 6.26. The van der Waals surface area contributed by atoms with Gasteiger partial charge in [0.05, 0.1) is 19.3 Å². The average Bonchev–Trinajstić information content (AvgIpc) is 2.60. The molecule has 0 fully saturated rings. The highest BCUT2D eigenvalue weighted by molar-refractivity contribution is 14.0. The number of guanidine groups is 1. The Labute approximate surface area is 168 Å². The minimum atomic E-state index is 0. The fraction of sp³-hybridized carbons (Fsp3) is 0.579. The van der Waals surface area contributed by atoms with Gasteiger partial charge in [-0.15, -0.1) is 24.0 Å². The third kappa shape index (κ3) is 6.49. The molecule has 0 aliphatic heterocycles. The molecule has 25 heavy (non-hydrogen) atoms. The fourth-order valence-corrected chi connectivity index (χ4v) is 3.11. The zero-order chi connectivity index (χ0) is 17.4. The average molecular weight is 458 g/mol. The molecule has 1 aliphatic rings. The van der Waals surface area contributed by atoms with Crippen molar-refractivity contribution in [1.82, 2.24) is 15.6 Å². The van der Waals surface area contributed by atoms with Crippen molar-refractivity contribution in [3.63, 3.8) is 0 Å². The number of aryl methyl sites for hydroxylation is 1. The third-order valence-electron chi connectivity index (χ3n) is 4.52. The van der Waals surface area contributed by atoms with E-state index < -0.39 is 0 Å². The van der Waals surface area contributed by atoms with E-state index in [1.165, 1.54) is 25.7 Å². The van der Waals surface area contributed by atoms with Crippen molar-refractivity contribution in [2.75, 3.05) is 20.7 Å². The maximum atomic E-state index is 5.46. The van der Waals surface area contributed by atoms with Crippen LogP contribution in [0.25, 0.3) is 0 Å². The lowest BCUT2D eigenvalue weighted by atomic mass is 9.97. The van der Waals surface area contributed by atoms with E-state index in [0.717, 1.165) is 41.5 Å². The highest BCUT2D eigenvalue weighted by Crippen LogP contribution is 2.23. The normalized spacial score (nSPS) is 14.4. The van der Waals surface area contributed by atoms with Gasteiger partial charge in [0.1, 0.15) is 5.75 Å². The van der Waals surface area contributed by atoms with E-state index in [9.17, 15) is 0 Å². The van der Waals surface area contributed by atoms with Crippen molar-refractivity contribution in [3.8, 4) is 5.75 Å². The van der Waals surface area contributed by atoms with E-state index in [-0.39, 0.29) is 24.0 Å². The Hall–Kier alpha value is -1.31. The van der Waals surface area contributed by atoms with Crippen LogP contribution in [0, 0.1) is 13.8 Å². The van der Waals surface area contributed by atoms with E-state index in [0.29, 0.717) is 6.54 Å². The number of nitrogens with zero attached hydrogens (tertiary/aromatic N) is 2. The number of ether oxygens (including phenoxy) is 1. The molecule has 0 amide bonds. The standard InChI is InChI=1S/C19H30N4O.HI/c1-14-12-22-17(15(2)18(14)24-4)13-23-19(20-3)21-11-10-16-8-6-5-7-9-16;/h8,12H,5-7,9-11,13H2,1-4H3,(H2,20,21,23);1H. The van der Waals surface area contributed by atoms with Gasteiger partial charge in [0.2, 0.25) is 0 Å². The molecule has 0 unspecified atom stereocenters. The fourth-order valence-electron chi connectivity index (χ4n) is 3.11. The van der Waals surface area contributed by atoms with Gasteiger partial charge in [-0.2, -0.15) is 0 Å². The van der Waals surface area contributed by atoms with Crippen LogP contribution in [0.15, 0.2) is 22.8 Å². The van der Waals surface area contributed by atoms with Crippen LogP contribution >= 0.6 is 24.0 Å². The quantitative estimate of drug-likeness (QED) is 0.294. The van der Waals surface area contributed by atoms with Gasteiger partial charge < -0.3 is 15.4 Å². The van der Waals surface area contributed by atoms with Crippen LogP contribution in [0.3, 0.4) is 0 Å². The molecule has 1 aromatic rings. The second kappa shape index (κ2) is 11.3. The van der Waals surface area contributed by atoms with Crippen molar-refractivity contribution in [2.45, 2.75) is 52.5 Å².